The molecule has 98 valence electrons. The summed E-state index contributed by atoms with van der Waals surface area (Å²) in [7, 11) is 0. The van der Waals surface area contributed by atoms with Crippen molar-refractivity contribution < 1.29 is 0 Å². The molecule has 1 atom stereocenters. The number of aromatic nitrogens is 4. The van der Waals surface area contributed by atoms with E-state index in [1.165, 1.54) is 19.2 Å². The number of nitriles is 1. The van der Waals surface area contributed by atoms with Crippen molar-refractivity contribution in [3.05, 3.63) is 41.7 Å². The molecule has 0 saturated heterocycles. The zero-order valence-electron chi connectivity index (χ0n) is 11.0. The van der Waals surface area contributed by atoms with Crippen LogP contribution in [-0.2, 0) is 0 Å². The van der Waals surface area contributed by atoms with Gasteiger partial charge in [-0.15, -0.1) is 10.2 Å². The van der Waals surface area contributed by atoms with E-state index in [1.54, 1.807) is 4.80 Å². The molecule has 2 rings (SSSR count). The Kier molecular flexibility index (Phi) is 4.62. The Morgan fingerprint density at radius 1 is 1.26 bits per heavy atom. The van der Waals surface area contributed by atoms with Crippen molar-refractivity contribution in [3.63, 3.8) is 0 Å². The van der Waals surface area contributed by atoms with Crippen LogP contribution in [-0.4, -0.2) is 20.2 Å². The van der Waals surface area contributed by atoms with Crippen molar-refractivity contribution in [2.75, 3.05) is 0 Å². The maximum Gasteiger partial charge on any atom is 0.162 e. The van der Waals surface area contributed by atoms with E-state index >= 15 is 0 Å². The van der Waals surface area contributed by atoms with E-state index in [0.29, 0.717) is 5.56 Å². The first-order valence-corrected chi connectivity index (χ1v) is 6.57. The topological polar surface area (TPSA) is 67.4 Å². The van der Waals surface area contributed by atoms with Gasteiger partial charge in [0.25, 0.3) is 0 Å². The molecule has 0 aliphatic rings. The Morgan fingerprint density at radius 2 is 2.05 bits per heavy atom. The van der Waals surface area contributed by atoms with Crippen molar-refractivity contribution in [1.82, 2.24) is 20.2 Å². The third kappa shape index (κ3) is 3.38. The van der Waals surface area contributed by atoms with E-state index in [2.05, 4.69) is 28.4 Å². The van der Waals surface area contributed by atoms with Gasteiger partial charge in [0.2, 0.25) is 0 Å². The summed E-state index contributed by atoms with van der Waals surface area (Å²) in [4.78, 5) is 1.65. The number of benzene rings is 1. The minimum absolute atomic E-state index is 0.0989. The molecule has 0 amide bonds. The fraction of sp³-hybridized carbons (Fsp3) is 0.429. The lowest BCUT2D eigenvalue weighted by atomic mass is 10.00. The molecule has 0 aliphatic carbocycles. The molecule has 1 heterocycles. The third-order valence-electron chi connectivity index (χ3n) is 3.15. The van der Waals surface area contributed by atoms with Gasteiger partial charge in [-0.1, -0.05) is 38.3 Å². The highest BCUT2D eigenvalue weighted by atomic mass is 15.6. The highest BCUT2D eigenvalue weighted by Gasteiger charge is 2.15. The predicted molar refractivity (Wildman–Crippen MR) is 71.3 cm³/mol. The summed E-state index contributed by atoms with van der Waals surface area (Å²) in [5.41, 5.74) is 1.79. The van der Waals surface area contributed by atoms with Crippen LogP contribution in [0.4, 0.5) is 0 Å². The van der Waals surface area contributed by atoms with Gasteiger partial charge in [0.1, 0.15) is 0 Å². The SMILES string of the molecule is CCCCCC(c1ccc(C#N)cc1)n1ncnn1. The first-order chi connectivity index (χ1) is 9.35. The highest BCUT2D eigenvalue weighted by molar-refractivity contribution is 5.32. The van der Waals surface area contributed by atoms with Gasteiger partial charge in [-0.05, 0) is 29.3 Å². The van der Waals surface area contributed by atoms with Crippen LogP contribution in [0.15, 0.2) is 30.6 Å². The average molecular weight is 255 g/mol. The number of hydrogen-bond acceptors (Lipinski definition) is 4. The molecule has 0 saturated carbocycles. The van der Waals surface area contributed by atoms with E-state index < -0.39 is 0 Å². The lowest BCUT2D eigenvalue weighted by molar-refractivity contribution is 0.411. The van der Waals surface area contributed by atoms with Crippen LogP contribution in [0.3, 0.4) is 0 Å². The summed E-state index contributed by atoms with van der Waals surface area (Å²) in [5, 5.41) is 20.8. The third-order valence-corrected chi connectivity index (χ3v) is 3.15. The van der Waals surface area contributed by atoms with Crippen molar-refractivity contribution in [2.45, 2.75) is 38.6 Å². The normalized spacial score (nSPS) is 12.0. The second kappa shape index (κ2) is 6.64. The van der Waals surface area contributed by atoms with E-state index in [9.17, 15) is 0 Å². The van der Waals surface area contributed by atoms with Gasteiger partial charge in [0, 0.05) is 0 Å². The van der Waals surface area contributed by atoms with E-state index in [1.807, 2.05) is 24.3 Å². The van der Waals surface area contributed by atoms with Crippen molar-refractivity contribution >= 4 is 0 Å². The van der Waals surface area contributed by atoms with Gasteiger partial charge in [-0.25, -0.2) is 0 Å². The first kappa shape index (κ1) is 13.2. The molecule has 0 aliphatic heterocycles. The summed E-state index contributed by atoms with van der Waals surface area (Å²) >= 11 is 0. The number of unbranched alkanes of at least 4 members (excludes halogenated alkanes) is 2. The van der Waals surface area contributed by atoms with Crippen LogP contribution < -0.4 is 0 Å². The molecule has 0 radical (unpaired) electrons. The van der Waals surface area contributed by atoms with Crippen molar-refractivity contribution in [2.24, 2.45) is 0 Å². The van der Waals surface area contributed by atoms with Gasteiger partial charge >= 0.3 is 0 Å². The first-order valence-electron chi connectivity index (χ1n) is 6.57. The van der Waals surface area contributed by atoms with Gasteiger partial charge in [0.15, 0.2) is 6.33 Å². The van der Waals surface area contributed by atoms with Crippen LogP contribution in [0.5, 0.6) is 0 Å². The molecule has 0 N–H and O–H groups in total. The summed E-state index contributed by atoms with van der Waals surface area (Å²) in [5.74, 6) is 0. The maximum absolute atomic E-state index is 8.83. The Labute approximate surface area is 112 Å². The summed E-state index contributed by atoms with van der Waals surface area (Å²) < 4.78 is 0. The fourth-order valence-electron chi connectivity index (χ4n) is 2.10. The summed E-state index contributed by atoms with van der Waals surface area (Å²) in [6.07, 6.45) is 5.95. The lowest BCUT2D eigenvalue weighted by Gasteiger charge is -2.15. The van der Waals surface area contributed by atoms with Crippen molar-refractivity contribution in [3.8, 4) is 6.07 Å². The number of hydrogen-bond donors (Lipinski definition) is 0. The Hall–Kier alpha value is -2.22. The number of nitrogens with zero attached hydrogens (tertiary/aromatic N) is 5. The molecule has 2 aromatic rings. The molecule has 1 unspecified atom stereocenters. The predicted octanol–water partition coefficient (Wildman–Crippen LogP) is 2.71. The maximum atomic E-state index is 8.83. The molecule has 1 aromatic carbocycles. The van der Waals surface area contributed by atoms with Crippen LogP contribution in [0.1, 0.15) is 49.8 Å². The van der Waals surface area contributed by atoms with E-state index in [0.717, 1.165) is 18.4 Å². The van der Waals surface area contributed by atoms with E-state index in [4.69, 9.17) is 5.26 Å². The average Bonchev–Trinajstić information content (AvgIpc) is 2.98. The molecule has 5 nitrogen and oxygen atoms in total. The summed E-state index contributed by atoms with van der Waals surface area (Å²) in [6, 6.07) is 9.84. The van der Waals surface area contributed by atoms with Gasteiger partial charge in [-0.2, -0.15) is 10.1 Å². The fourth-order valence-corrected chi connectivity index (χ4v) is 2.10. The van der Waals surface area contributed by atoms with Crippen LogP contribution in [0, 0.1) is 11.3 Å². The zero-order valence-corrected chi connectivity index (χ0v) is 11.0. The molecule has 1 aromatic heterocycles. The second-order valence-electron chi connectivity index (χ2n) is 4.50. The Morgan fingerprint density at radius 3 is 2.63 bits per heavy atom. The quantitative estimate of drug-likeness (QED) is 0.744. The minimum Gasteiger partial charge on any atom is -0.192 e. The largest absolute Gasteiger partial charge is 0.192 e. The van der Waals surface area contributed by atoms with Gasteiger partial charge < -0.3 is 0 Å². The molecular weight excluding hydrogens is 238 g/mol. The Bertz CT molecular complexity index is 524. The molecule has 0 bridgehead atoms. The standard InChI is InChI=1S/C14H17N5/c1-2-3-4-5-14(19-17-11-16-18-19)13-8-6-12(10-15)7-9-13/h6-9,11,14H,2-5H2,1H3. The monoisotopic (exact) mass is 255 g/mol. The zero-order chi connectivity index (χ0) is 13.5. The van der Waals surface area contributed by atoms with Gasteiger partial charge in [-0.3, -0.25) is 0 Å². The molecule has 19 heavy (non-hydrogen) atoms. The minimum atomic E-state index is 0.0989. The lowest BCUT2D eigenvalue weighted by Crippen LogP contribution is -2.14. The second-order valence-corrected chi connectivity index (χ2v) is 4.50. The Balaban J connectivity index is 2.18. The molecular formula is C14H17N5. The highest BCUT2D eigenvalue weighted by Crippen LogP contribution is 2.23. The van der Waals surface area contributed by atoms with E-state index in [-0.39, 0.29) is 6.04 Å². The molecule has 5 heteroatoms. The van der Waals surface area contributed by atoms with Gasteiger partial charge in [0.05, 0.1) is 17.7 Å². The smallest absolute Gasteiger partial charge is 0.162 e. The van der Waals surface area contributed by atoms with Crippen LogP contribution >= 0.6 is 0 Å². The van der Waals surface area contributed by atoms with Crippen LogP contribution in [0.25, 0.3) is 0 Å². The number of tetrazole rings is 1. The molecule has 0 spiro atoms. The van der Waals surface area contributed by atoms with Crippen molar-refractivity contribution in [1.29, 1.82) is 5.26 Å². The number of rotatable bonds is 6. The molecule has 0 fully saturated rings. The van der Waals surface area contributed by atoms with Crippen LogP contribution in [0.2, 0.25) is 0 Å². The summed E-state index contributed by atoms with van der Waals surface area (Å²) in [6.45, 7) is 2.18.